The Kier molecular flexibility index (Phi) is 5.56. The van der Waals surface area contributed by atoms with Gasteiger partial charge in [0.15, 0.2) is 5.82 Å². The third-order valence-electron chi connectivity index (χ3n) is 4.10. The molecule has 2 aromatic rings. The molecule has 0 saturated carbocycles. The Balaban J connectivity index is 1.51. The lowest BCUT2D eigenvalue weighted by atomic mass is 10.1. The number of hydrogen-bond donors (Lipinski definition) is 0. The third-order valence-corrected chi connectivity index (χ3v) is 4.10. The first-order valence-corrected chi connectivity index (χ1v) is 8.10. The van der Waals surface area contributed by atoms with E-state index >= 15 is 0 Å². The predicted octanol–water partition coefficient (Wildman–Crippen LogP) is 2.42. The number of aryl methyl sites for hydroxylation is 1. The maximum Gasteiger partial charge on any atom is 0.159 e. The standard InChI is InChI=1S/C18H23N3O2/c1-22-17-6-4-16(5-7-17)18-19-13-15(14-20-18)3-2-8-21-9-11-23-12-10-21/h4-7,13-14H,2-3,8-12H2,1H3. The number of benzene rings is 1. The van der Waals surface area contributed by atoms with Gasteiger partial charge in [-0.25, -0.2) is 9.97 Å². The highest BCUT2D eigenvalue weighted by atomic mass is 16.5. The highest BCUT2D eigenvalue weighted by Crippen LogP contribution is 2.19. The summed E-state index contributed by atoms with van der Waals surface area (Å²) in [6, 6.07) is 7.81. The fourth-order valence-corrected chi connectivity index (χ4v) is 2.70. The zero-order chi connectivity index (χ0) is 15.9. The fraction of sp³-hybridized carbons (Fsp3) is 0.444. The molecule has 0 aliphatic carbocycles. The van der Waals surface area contributed by atoms with Crippen molar-refractivity contribution in [3.8, 4) is 17.1 Å². The van der Waals surface area contributed by atoms with E-state index in [-0.39, 0.29) is 0 Å². The largest absolute Gasteiger partial charge is 0.497 e. The number of rotatable bonds is 6. The molecule has 0 unspecified atom stereocenters. The summed E-state index contributed by atoms with van der Waals surface area (Å²) >= 11 is 0. The van der Waals surface area contributed by atoms with Gasteiger partial charge in [0.05, 0.1) is 20.3 Å². The van der Waals surface area contributed by atoms with Crippen molar-refractivity contribution in [3.63, 3.8) is 0 Å². The molecule has 5 heteroatoms. The smallest absolute Gasteiger partial charge is 0.159 e. The summed E-state index contributed by atoms with van der Waals surface area (Å²) in [6.45, 7) is 4.93. The molecule has 0 spiro atoms. The predicted molar refractivity (Wildman–Crippen MR) is 89.6 cm³/mol. The first kappa shape index (κ1) is 15.9. The van der Waals surface area contributed by atoms with E-state index in [0.29, 0.717) is 0 Å². The number of methoxy groups -OCH3 is 1. The lowest BCUT2D eigenvalue weighted by molar-refractivity contribution is 0.0374. The molecule has 0 radical (unpaired) electrons. The van der Waals surface area contributed by atoms with E-state index in [4.69, 9.17) is 9.47 Å². The summed E-state index contributed by atoms with van der Waals surface area (Å²) in [5.74, 6) is 1.60. The molecule has 23 heavy (non-hydrogen) atoms. The summed E-state index contributed by atoms with van der Waals surface area (Å²) in [4.78, 5) is 11.4. The molecule has 1 aliphatic heterocycles. The van der Waals surface area contributed by atoms with Crippen molar-refractivity contribution in [2.75, 3.05) is 40.0 Å². The summed E-state index contributed by atoms with van der Waals surface area (Å²) in [5.41, 5.74) is 2.20. The second kappa shape index (κ2) is 8.04. The first-order chi connectivity index (χ1) is 11.3. The summed E-state index contributed by atoms with van der Waals surface area (Å²) in [6.07, 6.45) is 6.02. The second-order valence-electron chi connectivity index (χ2n) is 5.70. The Morgan fingerprint density at radius 1 is 1.09 bits per heavy atom. The van der Waals surface area contributed by atoms with E-state index < -0.39 is 0 Å². The van der Waals surface area contributed by atoms with Crippen molar-refractivity contribution in [1.29, 1.82) is 0 Å². The van der Waals surface area contributed by atoms with Crippen LogP contribution in [0.2, 0.25) is 0 Å². The Morgan fingerprint density at radius 3 is 2.43 bits per heavy atom. The molecule has 2 heterocycles. The molecule has 1 aliphatic rings. The molecule has 1 aromatic heterocycles. The van der Waals surface area contributed by atoms with E-state index in [1.165, 1.54) is 5.56 Å². The highest BCUT2D eigenvalue weighted by molar-refractivity contribution is 5.55. The van der Waals surface area contributed by atoms with Crippen LogP contribution in [0.5, 0.6) is 5.75 Å². The van der Waals surface area contributed by atoms with Gasteiger partial charge < -0.3 is 9.47 Å². The minimum atomic E-state index is 0.754. The van der Waals surface area contributed by atoms with E-state index in [1.807, 2.05) is 36.7 Å². The monoisotopic (exact) mass is 313 g/mol. The maximum atomic E-state index is 5.36. The molecule has 0 bridgehead atoms. The number of morpholine rings is 1. The van der Waals surface area contributed by atoms with E-state index in [0.717, 1.165) is 62.8 Å². The van der Waals surface area contributed by atoms with Crippen molar-refractivity contribution >= 4 is 0 Å². The van der Waals surface area contributed by atoms with Crippen LogP contribution in [0, 0.1) is 0 Å². The Hall–Kier alpha value is -1.98. The minimum absolute atomic E-state index is 0.754. The van der Waals surface area contributed by atoms with Gasteiger partial charge >= 0.3 is 0 Å². The van der Waals surface area contributed by atoms with Crippen molar-refractivity contribution in [3.05, 3.63) is 42.2 Å². The molecule has 0 amide bonds. The van der Waals surface area contributed by atoms with Crippen LogP contribution in [0.3, 0.4) is 0 Å². The van der Waals surface area contributed by atoms with Crippen molar-refractivity contribution < 1.29 is 9.47 Å². The van der Waals surface area contributed by atoms with Gasteiger partial charge in [-0.2, -0.15) is 0 Å². The van der Waals surface area contributed by atoms with Crippen LogP contribution in [-0.2, 0) is 11.2 Å². The molecule has 1 saturated heterocycles. The molecular weight excluding hydrogens is 290 g/mol. The lowest BCUT2D eigenvalue weighted by Crippen LogP contribution is -2.36. The normalized spacial score (nSPS) is 15.5. The van der Waals surface area contributed by atoms with Crippen LogP contribution in [0.4, 0.5) is 0 Å². The number of ether oxygens (including phenoxy) is 2. The van der Waals surface area contributed by atoms with Crippen LogP contribution in [-0.4, -0.2) is 54.8 Å². The van der Waals surface area contributed by atoms with Gasteiger partial charge in [0, 0.05) is 31.0 Å². The molecular formula is C18H23N3O2. The number of aromatic nitrogens is 2. The number of nitrogens with zero attached hydrogens (tertiary/aromatic N) is 3. The van der Waals surface area contributed by atoms with Crippen molar-refractivity contribution in [2.45, 2.75) is 12.8 Å². The molecule has 1 fully saturated rings. The van der Waals surface area contributed by atoms with Gasteiger partial charge in [-0.3, -0.25) is 4.90 Å². The molecule has 0 atom stereocenters. The second-order valence-corrected chi connectivity index (χ2v) is 5.70. The van der Waals surface area contributed by atoms with Gasteiger partial charge in [0.1, 0.15) is 5.75 Å². The molecule has 1 aromatic carbocycles. The first-order valence-electron chi connectivity index (χ1n) is 8.10. The van der Waals surface area contributed by atoms with Crippen LogP contribution < -0.4 is 4.74 Å². The SMILES string of the molecule is COc1ccc(-c2ncc(CCCN3CCOCC3)cn2)cc1. The number of hydrogen-bond acceptors (Lipinski definition) is 5. The fourth-order valence-electron chi connectivity index (χ4n) is 2.70. The van der Waals surface area contributed by atoms with Gasteiger partial charge in [0.25, 0.3) is 0 Å². The van der Waals surface area contributed by atoms with Crippen molar-refractivity contribution in [1.82, 2.24) is 14.9 Å². The quantitative estimate of drug-likeness (QED) is 0.819. The van der Waals surface area contributed by atoms with E-state index in [9.17, 15) is 0 Å². The Labute approximate surface area is 137 Å². The Morgan fingerprint density at radius 2 is 1.78 bits per heavy atom. The zero-order valence-corrected chi connectivity index (χ0v) is 13.6. The zero-order valence-electron chi connectivity index (χ0n) is 13.6. The van der Waals surface area contributed by atoms with Gasteiger partial charge in [0.2, 0.25) is 0 Å². The molecule has 122 valence electrons. The van der Waals surface area contributed by atoms with Crippen LogP contribution in [0.15, 0.2) is 36.7 Å². The third kappa shape index (κ3) is 4.50. The van der Waals surface area contributed by atoms with Crippen molar-refractivity contribution in [2.24, 2.45) is 0 Å². The Bertz CT molecular complexity index is 593. The molecule has 3 rings (SSSR count). The van der Waals surface area contributed by atoms with E-state index in [1.54, 1.807) is 7.11 Å². The average molecular weight is 313 g/mol. The lowest BCUT2D eigenvalue weighted by Gasteiger charge is -2.26. The summed E-state index contributed by atoms with van der Waals surface area (Å²) in [5, 5.41) is 0. The van der Waals surface area contributed by atoms with Gasteiger partial charge in [-0.05, 0) is 49.2 Å². The highest BCUT2D eigenvalue weighted by Gasteiger charge is 2.09. The maximum absolute atomic E-state index is 5.36. The molecule has 0 N–H and O–H groups in total. The molecule has 5 nitrogen and oxygen atoms in total. The summed E-state index contributed by atoms with van der Waals surface area (Å²) in [7, 11) is 1.66. The summed E-state index contributed by atoms with van der Waals surface area (Å²) < 4.78 is 10.5. The topological polar surface area (TPSA) is 47.5 Å². The van der Waals surface area contributed by atoms with Gasteiger partial charge in [-0.1, -0.05) is 0 Å². The van der Waals surface area contributed by atoms with Gasteiger partial charge in [-0.15, -0.1) is 0 Å². The van der Waals surface area contributed by atoms with Crippen LogP contribution in [0.1, 0.15) is 12.0 Å². The van der Waals surface area contributed by atoms with E-state index in [2.05, 4.69) is 14.9 Å². The van der Waals surface area contributed by atoms with Crippen LogP contribution in [0.25, 0.3) is 11.4 Å². The average Bonchev–Trinajstić information content (AvgIpc) is 2.63. The van der Waals surface area contributed by atoms with Crippen LogP contribution >= 0.6 is 0 Å². The minimum Gasteiger partial charge on any atom is -0.497 e.